The van der Waals surface area contributed by atoms with Gasteiger partial charge in [-0.15, -0.1) is 0 Å². The van der Waals surface area contributed by atoms with E-state index in [1.54, 1.807) is 43.3 Å². The van der Waals surface area contributed by atoms with Crippen molar-refractivity contribution in [1.29, 1.82) is 0 Å². The lowest BCUT2D eigenvalue weighted by molar-refractivity contribution is -0.114. The Bertz CT molecular complexity index is 1030. The number of nitrogens with one attached hydrogen (secondary N) is 3. The molecule has 3 N–H and O–H groups in total. The maximum Gasteiger partial charge on any atom is 0.275 e. The van der Waals surface area contributed by atoms with E-state index in [1.807, 2.05) is 0 Å². The summed E-state index contributed by atoms with van der Waals surface area (Å²) in [6, 6.07) is 12.7. The maximum atomic E-state index is 12.4. The molecule has 0 aliphatic rings. The van der Waals surface area contributed by atoms with Crippen LogP contribution in [0, 0.1) is 6.92 Å². The third-order valence-electron chi connectivity index (χ3n) is 3.55. The number of anilines is 3. The number of carbonyl (C=O) groups is 3. The van der Waals surface area contributed by atoms with E-state index in [0.29, 0.717) is 17.1 Å². The van der Waals surface area contributed by atoms with Gasteiger partial charge in [0.1, 0.15) is 17.1 Å². The van der Waals surface area contributed by atoms with Crippen molar-refractivity contribution in [3.63, 3.8) is 0 Å². The highest BCUT2D eigenvalue weighted by molar-refractivity contribution is 6.06. The molecule has 0 bridgehead atoms. The lowest BCUT2D eigenvalue weighted by Crippen LogP contribution is -2.18. The molecule has 9 heteroatoms. The number of hydrogen-bond donors (Lipinski definition) is 3. The van der Waals surface area contributed by atoms with E-state index in [0.717, 1.165) is 0 Å². The van der Waals surface area contributed by atoms with Gasteiger partial charge in [0, 0.05) is 24.4 Å². The summed E-state index contributed by atoms with van der Waals surface area (Å²) in [5, 5.41) is 11.5. The number of rotatable bonds is 5. The number of amides is 3. The van der Waals surface area contributed by atoms with Gasteiger partial charge in [-0.05, 0) is 43.3 Å². The van der Waals surface area contributed by atoms with Crippen LogP contribution in [0.5, 0.6) is 0 Å². The lowest BCUT2D eigenvalue weighted by atomic mass is 10.2. The van der Waals surface area contributed by atoms with E-state index in [4.69, 9.17) is 4.52 Å². The molecule has 9 nitrogen and oxygen atoms in total. The van der Waals surface area contributed by atoms with E-state index in [9.17, 15) is 14.4 Å². The second-order valence-electron chi connectivity index (χ2n) is 5.90. The molecule has 0 aliphatic carbocycles. The highest BCUT2D eigenvalue weighted by atomic mass is 16.5. The van der Waals surface area contributed by atoms with Crippen LogP contribution < -0.4 is 16.0 Å². The fourth-order valence-electron chi connectivity index (χ4n) is 2.33. The van der Waals surface area contributed by atoms with Crippen molar-refractivity contribution in [2.45, 2.75) is 13.8 Å². The maximum absolute atomic E-state index is 12.4. The molecule has 0 unspecified atom stereocenters. The molecule has 0 atom stereocenters. The summed E-state index contributed by atoms with van der Waals surface area (Å²) >= 11 is 0. The Morgan fingerprint density at radius 2 is 1.43 bits per heavy atom. The Morgan fingerprint density at radius 1 is 0.857 bits per heavy atom. The Hall–Kier alpha value is -4.01. The summed E-state index contributed by atoms with van der Waals surface area (Å²) in [5.41, 5.74) is 1.28. The van der Waals surface area contributed by atoms with Crippen LogP contribution in [0.4, 0.5) is 17.2 Å². The third kappa shape index (κ3) is 4.79. The molecule has 2 aromatic heterocycles. The van der Waals surface area contributed by atoms with Crippen molar-refractivity contribution in [2.75, 3.05) is 16.0 Å². The zero-order chi connectivity index (χ0) is 20.1. The molecule has 3 amide bonds. The SMILES string of the molecule is CC(=O)Nc1ccc(NC(=O)c2cccc(C(=O)Nc3cc(C)on3)n2)cc1. The van der Waals surface area contributed by atoms with Crippen LogP contribution in [0.2, 0.25) is 0 Å². The summed E-state index contributed by atoms with van der Waals surface area (Å²) in [6.45, 7) is 3.11. The van der Waals surface area contributed by atoms with Crippen molar-refractivity contribution in [3.8, 4) is 0 Å². The van der Waals surface area contributed by atoms with Crippen molar-refractivity contribution in [2.24, 2.45) is 0 Å². The first-order valence-corrected chi connectivity index (χ1v) is 8.31. The summed E-state index contributed by atoms with van der Waals surface area (Å²) in [4.78, 5) is 39.8. The normalized spacial score (nSPS) is 10.2. The topological polar surface area (TPSA) is 126 Å². The van der Waals surface area contributed by atoms with Gasteiger partial charge < -0.3 is 20.5 Å². The Balaban J connectivity index is 1.68. The van der Waals surface area contributed by atoms with E-state index in [2.05, 4.69) is 26.1 Å². The van der Waals surface area contributed by atoms with Gasteiger partial charge in [-0.3, -0.25) is 14.4 Å². The molecule has 28 heavy (non-hydrogen) atoms. The van der Waals surface area contributed by atoms with Crippen LogP contribution in [-0.4, -0.2) is 27.9 Å². The van der Waals surface area contributed by atoms with Crippen LogP contribution in [0.3, 0.4) is 0 Å². The molecule has 2 heterocycles. The molecule has 142 valence electrons. The molecule has 0 spiro atoms. The predicted molar refractivity (Wildman–Crippen MR) is 102 cm³/mol. The smallest absolute Gasteiger partial charge is 0.275 e. The number of hydrogen-bond acceptors (Lipinski definition) is 6. The average Bonchev–Trinajstić information content (AvgIpc) is 3.07. The summed E-state index contributed by atoms with van der Waals surface area (Å²) < 4.78 is 4.89. The summed E-state index contributed by atoms with van der Waals surface area (Å²) in [6.07, 6.45) is 0. The first kappa shape index (κ1) is 18.8. The number of nitrogens with zero attached hydrogens (tertiary/aromatic N) is 2. The van der Waals surface area contributed by atoms with Gasteiger partial charge in [-0.25, -0.2) is 4.98 Å². The number of aryl methyl sites for hydroxylation is 1. The molecule has 0 saturated carbocycles. The van der Waals surface area contributed by atoms with Crippen LogP contribution >= 0.6 is 0 Å². The minimum Gasteiger partial charge on any atom is -0.360 e. The van der Waals surface area contributed by atoms with Crippen molar-refractivity contribution in [1.82, 2.24) is 10.1 Å². The number of benzene rings is 1. The zero-order valence-electron chi connectivity index (χ0n) is 15.1. The molecule has 3 aromatic rings. The minimum atomic E-state index is -0.511. The lowest BCUT2D eigenvalue weighted by Gasteiger charge is -2.07. The molecule has 0 saturated heterocycles. The van der Waals surface area contributed by atoms with Crippen molar-refractivity contribution >= 4 is 34.9 Å². The number of carbonyl (C=O) groups excluding carboxylic acids is 3. The standard InChI is InChI=1S/C19H17N5O4/c1-11-10-17(24-28-11)23-19(27)16-5-3-4-15(22-16)18(26)21-14-8-6-13(7-9-14)20-12(2)25/h3-10H,1-2H3,(H,20,25)(H,21,26)(H,23,24,27). The van der Waals surface area contributed by atoms with Gasteiger partial charge in [-0.2, -0.15) is 0 Å². The van der Waals surface area contributed by atoms with Crippen LogP contribution in [-0.2, 0) is 4.79 Å². The van der Waals surface area contributed by atoms with Gasteiger partial charge in [0.25, 0.3) is 11.8 Å². The Labute approximate surface area is 160 Å². The van der Waals surface area contributed by atoms with Gasteiger partial charge in [0.15, 0.2) is 5.82 Å². The van der Waals surface area contributed by atoms with Crippen molar-refractivity contribution < 1.29 is 18.9 Å². The highest BCUT2D eigenvalue weighted by Crippen LogP contribution is 2.15. The predicted octanol–water partition coefficient (Wildman–Crippen LogP) is 2.84. The van der Waals surface area contributed by atoms with E-state index in [1.165, 1.54) is 19.1 Å². The molecule has 0 fully saturated rings. The first-order valence-electron chi connectivity index (χ1n) is 8.31. The van der Waals surface area contributed by atoms with Gasteiger partial charge in [-0.1, -0.05) is 11.2 Å². The molecule has 0 radical (unpaired) electrons. The van der Waals surface area contributed by atoms with E-state index >= 15 is 0 Å². The highest BCUT2D eigenvalue weighted by Gasteiger charge is 2.14. The number of aromatic nitrogens is 2. The first-order chi connectivity index (χ1) is 13.4. The molecular formula is C19H17N5O4. The molecule has 3 rings (SSSR count). The van der Waals surface area contributed by atoms with Crippen LogP contribution in [0.15, 0.2) is 53.1 Å². The Morgan fingerprint density at radius 3 is 1.96 bits per heavy atom. The quantitative estimate of drug-likeness (QED) is 0.626. The largest absolute Gasteiger partial charge is 0.360 e. The second-order valence-corrected chi connectivity index (χ2v) is 5.90. The minimum absolute atomic E-state index is 0.0642. The molecule has 1 aromatic carbocycles. The van der Waals surface area contributed by atoms with Gasteiger partial charge >= 0.3 is 0 Å². The Kier molecular flexibility index (Phi) is 5.45. The summed E-state index contributed by atoms with van der Waals surface area (Å²) in [7, 11) is 0. The van der Waals surface area contributed by atoms with Crippen molar-refractivity contribution in [3.05, 3.63) is 65.7 Å². The van der Waals surface area contributed by atoms with E-state index < -0.39 is 11.8 Å². The molecular weight excluding hydrogens is 362 g/mol. The van der Waals surface area contributed by atoms with Crippen LogP contribution in [0.1, 0.15) is 33.7 Å². The third-order valence-corrected chi connectivity index (χ3v) is 3.55. The average molecular weight is 379 g/mol. The monoisotopic (exact) mass is 379 g/mol. The number of pyridine rings is 1. The molecule has 0 aliphatic heterocycles. The van der Waals surface area contributed by atoms with E-state index in [-0.39, 0.29) is 23.1 Å². The van der Waals surface area contributed by atoms with Crippen LogP contribution in [0.25, 0.3) is 0 Å². The second kappa shape index (κ2) is 8.12. The fourth-order valence-corrected chi connectivity index (χ4v) is 2.33. The van der Waals surface area contributed by atoms with Gasteiger partial charge in [0.2, 0.25) is 5.91 Å². The van der Waals surface area contributed by atoms with Gasteiger partial charge in [0.05, 0.1) is 0 Å². The zero-order valence-corrected chi connectivity index (χ0v) is 15.1. The summed E-state index contributed by atoms with van der Waals surface area (Å²) in [5.74, 6) is -0.349. The fraction of sp³-hybridized carbons (Fsp3) is 0.105.